The van der Waals surface area contributed by atoms with Crippen molar-refractivity contribution in [1.82, 2.24) is 0 Å². The van der Waals surface area contributed by atoms with E-state index >= 15 is 0 Å². The molecule has 0 aromatic heterocycles. The van der Waals surface area contributed by atoms with Gasteiger partial charge in [-0.25, -0.2) is 0 Å². The van der Waals surface area contributed by atoms with Crippen LogP contribution in [-0.2, 0) is 4.79 Å². The molecular weight excluding hydrogens is 295 g/mol. The second-order valence-electron chi connectivity index (χ2n) is 4.22. The summed E-state index contributed by atoms with van der Waals surface area (Å²) in [6.07, 6.45) is 3.71. The first-order valence-corrected chi connectivity index (χ1v) is 8.25. The SMILES string of the molecule is CC(C)[CH2][SnH].CCCCC(CC)C(=O)O. The smallest absolute Gasteiger partial charge is 0.306 e. The van der Waals surface area contributed by atoms with Gasteiger partial charge in [0, 0.05) is 0 Å². The van der Waals surface area contributed by atoms with E-state index in [-0.39, 0.29) is 5.92 Å². The van der Waals surface area contributed by atoms with Crippen LogP contribution >= 0.6 is 0 Å². The second-order valence-corrected chi connectivity index (χ2v) is 5.56. The van der Waals surface area contributed by atoms with Crippen molar-refractivity contribution in [3.05, 3.63) is 0 Å². The van der Waals surface area contributed by atoms with Gasteiger partial charge in [0.25, 0.3) is 0 Å². The first-order chi connectivity index (χ1) is 6.99. The molecule has 0 aliphatic rings. The van der Waals surface area contributed by atoms with Gasteiger partial charge in [0.05, 0.1) is 5.92 Å². The zero-order valence-electron chi connectivity index (χ0n) is 10.6. The maximum absolute atomic E-state index is 10.4. The second kappa shape index (κ2) is 12.3. The molecule has 0 heterocycles. The summed E-state index contributed by atoms with van der Waals surface area (Å²) in [6, 6.07) is 0. The summed E-state index contributed by atoms with van der Waals surface area (Å²) in [4.78, 5) is 10.4. The quantitative estimate of drug-likeness (QED) is 0.763. The van der Waals surface area contributed by atoms with Gasteiger partial charge < -0.3 is 5.11 Å². The van der Waals surface area contributed by atoms with Crippen molar-refractivity contribution < 1.29 is 9.90 Å². The van der Waals surface area contributed by atoms with E-state index < -0.39 is 5.97 Å². The van der Waals surface area contributed by atoms with Crippen molar-refractivity contribution in [3.8, 4) is 0 Å². The number of hydrogen-bond donors (Lipinski definition) is 1. The number of unbranched alkanes of at least 4 members (excludes halogenated alkanes) is 1. The van der Waals surface area contributed by atoms with Gasteiger partial charge >= 0.3 is 52.7 Å². The van der Waals surface area contributed by atoms with Crippen molar-refractivity contribution in [3.63, 3.8) is 0 Å². The molecule has 0 aliphatic carbocycles. The molecule has 15 heavy (non-hydrogen) atoms. The van der Waals surface area contributed by atoms with Crippen molar-refractivity contribution in [2.75, 3.05) is 0 Å². The zero-order chi connectivity index (χ0) is 12.3. The molecule has 1 N–H and O–H groups in total. The standard InChI is InChI=1S/C8H16O2.C4H9.Sn.H/c1-3-5-6-7(4-2)8(9)10;1-4(2)3;;/h7H,3-6H2,1-2H3,(H,9,10);4H,1H2,2-3H3;;. The summed E-state index contributed by atoms with van der Waals surface area (Å²) in [5.74, 6) is 0.188. The van der Waals surface area contributed by atoms with Crippen LogP contribution < -0.4 is 0 Å². The van der Waals surface area contributed by atoms with Crippen molar-refractivity contribution >= 4 is 28.5 Å². The van der Waals surface area contributed by atoms with Crippen LogP contribution in [0, 0.1) is 11.8 Å². The number of aliphatic carboxylic acids is 1. The number of rotatable bonds is 6. The Morgan fingerprint density at radius 3 is 2.00 bits per heavy atom. The summed E-state index contributed by atoms with van der Waals surface area (Å²) < 4.78 is 1.44. The average molecular weight is 321 g/mol. The maximum Gasteiger partial charge on any atom is 0.306 e. The summed E-state index contributed by atoms with van der Waals surface area (Å²) in [7, 11) is 0. The van der Waals surface area contributed by atoms with Crippen LogP contribution in [0.4, 0.5) is 0 Å². The van der Waals surface area contributed by atoms with Gasteiger partial charge in [-0.1, -0.05) is 26.7 Å². The van der Waals surface area contributed by atoms with E-state index in [0.29, 0.717) is 0 Å². The Bertz CT molecular complexity index is 147. The third-order valence-electron chi connectivity index (χ3n) is 2.22. The summed E-state index contributed by atoms with van der Waals surface area (Å²) in [6.45, 7) is 8.51. The zero-order valence-corrected chi connectivity index (χ0v) is 13.9. The Kier molecular flexibility index (Phi) is 14.5. The Hall–Kier alpha value is 0.269. The minimum atomic E-state index is -0.643. The largest absolute Gasteiger partial charge is 0.481 e. The molecule has 0 saturated carbocycles. The minimum Gasteiger partial charge on any atom is -0.481 e. The summed E-state index contributed by atoms with van der Waals surface area (Å²) >= 11 is 1.43. The molecule has 2 radical (unpaired) electrons. The predicted molar refractivity (Wildman–Crippen MR) is 67.7 cm³/mol. The van der Waals surface area contributed by atoms with Gasteiger partial charge in [-0.3, -0.25) is 4.79 Å². The molecule has 0 fully saturated rings. The molecule has 0 rings (SSSR count). The van der Waals surface area contributed by atoms with E-state index in [1.54, 1.807) is 0 Å². The molecule has 1 atom stereocenters. The molecule has 1 unspecified atom stereocenters. The van der Waals surface area contributed by atoms with Crippen LogP contribution in [0.1, 0.15) is 53.4 Å². The van der Waals surface area contributed by atoms with E-state index in [1.807, 2.05) is 6.92 Å². The minimum absolute atomic E-state index is 0.111. The van der Waals surface area contributed by atoms with Crippen LogP contribution in [0.2, 0.25) is 4.44 Å². The molecule has 3 heteroatoms. The van der Waals surface area contributed by atoms with Crippen LogP contribution in [-0.4, -0.2) is 33.6 Å². The number of carboxylic acids is 1. The molecule has 0 aliphatic heterocycles. The Balaban J connectivity index is 0. The molecule has 0 saturated heterocycles. The number of carbonyl (C=O) groups is 1. The summed E-state index contributed by atoms with van der Waals surface area (Å²) in [5.41, 5.74) is 0. The van der Waals surface area contributed by atoms with Gasteiger partial charge in [-0.15, -0.1) is 0 Å². The van der Waals surface area contributed by atoms with Crippen molar-refractivity contribution in [2.45, 2.75) is 57.8 Å². The topological polar surface area (TPSA) is 37.3 Å². The van der Waals surface area contributed by atoms with Gasteiger partial charge in [-0.05, 0) is 12.8 Å². The van der Waals surface area contributed by atoms with E-state index in [9.17, 15) is 4.79 Å². The van der Waals surface area contributed by atoms with Gasteiger partial charge in [0.15, 0.2) is 0 Å². The fourth-order valence-corrected chi connectivity index (χ4v) is 0.953. The van der Waals surface area contributed by atoms with Crippen molar-refractivity contribution in [1.29, 1.82) is 0 Å². The average Bonchev–Trinajstić information content (AvgIpc) is 2.19. The fraction of sp³-hybridized carbons (Fsp3) is 0.917. The normalized spacial score (nSPS) is 11.9. The van der Waals surface area contributed by atoms with Crippen LogP contribution in [0.25, 0.3) is 0 Å². The molecule has 0 spiro atoms. The van der Waals surface area contributed by atoms with Gasteiger partial charge in [0.2, 0.25) is 0 Å². The summed E-state index contributed by atoms with van der Waals surface area (Å²) in [5, 5.41) is 8.60. The van der Waals surface area contributed by atoms with Gasteiger partial charge in [-0.2, -0.15) is 0 Å². The van der Waals surface area contributed by atoms with Crippen LogP contribution in [0.3, 0.4) is 0 Å². The first-order valence-electron chi connectivity index (χ1n) is 5.92. The molecular formula is C12H26O2Sn. The predicted octanol–water partition coefficient (Wildman–Crippen LogP) is 3.25. The monoisotopic (exact) mass is 322 g/mol. The first kappa shape index (κ1) is 17.7. The third kappa shape index (κ3) is 14.3. The fourth-order valence-electron chi connectivity index (χ4n) is 0.953. The van der Waals surface area contributed by atoms with Crippen LogP contribution in [0.5, 0.6) is 0 Å². The van der Waals surface area contributed by atoms with E-state index in [4.69, 9.17) is 5.11 Å². The third-order valence-corrected chi connectivity index (χ3v) is 4.91. The molecule has 0 amide bonds. The molecule has 0 aromatic carbocycles. The number of carboxylic acid groups (broad SMARTS) is 1. The molecule has 2 nitrogen and oxygen atoms in total. The van der Waals surface area contributed by atoms with E-state index in [1.165, 1.54) is 27.0 Å². The molecule has 0 bridgehead atoms. The Labute approximate surface area is 108 Å². The Morgan fingerprint density at radius 2 is 1.80 bits per heavy atom. The maximum atomic E-state index is 10.4. The Morgan fingerprint density at radius 1 is 1.33 bits per heavy atom. The van der Waals surface area contributed by atoms with Crippen LogP contribution in [0.15, 0.2) is 0 Å². The van der Waals surface area contributed by atoms with Crippen molar-refractivity contribution in [2.24, 2.45) is 11.8 Å². The van der Waals surface area contributed by atoms with E-state index in [2.05, 4.69) is 20.8 Å². The number of hydrogen-bond acceptors (Lipinski definition) is 1. The van der Waals surface area contributed by atoms with Gasteiger partial charge in [0.1, 0.15) is 0 Å². The molecule has 0 aromatic rings. The van der Waals surface area contributed by atoms with E-state index in [0.717, 1.165) is 31.6 Å². The molecule has 90 valence electrons.